The molecule has 1 saturated heterocycles. The van der Waals surface area contributed by atoms with Crippen molar-refractivity contribution in [2.24, 2.45) is 10.8 Å². The highest BCUT2D eigenvalue weighted by Crippen LogP contribution is 2.35. The second-order valence-corrected chi connectivity index (χ2v) is 5.97. The van der Waals surface area contributed by atoms with Crippen LogP contribution in [0.2, 0.25) is 0 Å². The number of hydrogen-bond donors (Lipinski definition) is 1. The predicted octanol–water partition coefficient (Wildman–Crippen LogP) is 1.91. The normalized spacial score (nSPS) is 25.9. The van der Waals surface area contributed by atoms with E-state index in [1.807, 2.05) is 20.8 Å². The summed E-state index contributed by atoms with van der Waals surface area (Å²) in [5, 5.41) is 9.27. The molecule has 1 heterocycles. The van der Waals surface area contributed by atoms with Gasteiger partial charge < -0.3 is 10.0 Å². The second kappa shape index (κ2) is 4.17. The third-order valence-corrected chi connectivity index (χ3v) is 3.37. The quantitative estimate of drug-likeness (QED) is 0.711. The zero-order chi connectivity index (χ0) is 13.4. The molecule has 1 N–H and O–H groups in total. The zero-order valence-electron chi connectivity index (χ0n) is 11.0. The summed E-state index contributed by atoms with van der Waals surface area (Å²) in [6.07, 6.45) is 0.560. The van der Waals surface area contributed by atoms with Crippen LogP contribution in [-0.4, -0.2) is 35.0 Å². The van der Waals surface area contributed by atoms with Gasteiger partial charge in [0.2, 0.25) is 5.91 Å². The van der Waals surface area contributed by atoms with Crippen LogP contribution in [0.25, 0.3) is 0 Å². The molecule has 1 aliphatic heterocycles. The lowest BCUT2D eigenvalue weighted by Gasteiger charge is -2.41. The molecule has 1 atom stereocenters. The van der Waals surface area contributed by atoms with Crippen LogP contribution in [0.3, 0.4) is 0 Å². The molecular weight excluding hydrogens is 218 g/mol. The van der Waals surface area contributed by atoms with Crippen LogP contribution in [0.1, 0.15) is 34.1 Å². The fraction of sp³-hybridized carbons (Fsp3) is 0.692. The minimum absolute atomic E-state index is 0.00234. The molecule has 0 saturated carbocycles. The van der Waals surface area contributed by atoms with E-state index in [2.05, 4.69) is 6.58 Å². The third-order valence-electron chi connectivity index (χ3n) is 3.37. The number of piperidine rings is 1. The number of carbonyl (C=O) groups excluding carboxylic acids is 1. The van der Waals surface area contributed by atoms with Crippen LogP contribution in [0.5, 0.6) is 0 Å². The maximum absolute atomic E-state index is 12.1. The number of amides is 1. The summed E-state index contributed by atoms with van der Waals surface area (Å²) in [6.45, 7) is 11.8. The van der Waals surface area contributed by atoms with E-state index in [0.29, 0.717) is 18.5 Å². The average molecular weight is 239 g/mol. The van der Waals surface area contributed by atoms with E-state index in [-0.39, 0.29) is 12.5 Å². The van der Waals surface area contributed by atoms with Crippen LogP contribution in [-0.2, 0) is 9.59 Å². The minimum atomic E-state index is -1.01. The highest BCUT2D eigenvalue weighted by molar-refractivity contribution is 5.84. The fourth-order valence-electron chi connectivity index (χ4n) is 1.98. The van der Waals surface area contributed by atoms with E-state index in [0.717, 1.165) is 0 Å². The molecule has 1 rings (SSSR count). The van der Waals surface area contributed by atoms with Crippen LogP contribution >= 0.6 is 0 Å². The van der Waals surface area contributed by atoms with Crippen LogP contribution in [0.15, 0.2) is 12.2 Å². The van der Waals surface area contributed by atoms with Crippen molar-refractivity contribution in [3.63, 3.8) is 0 Å². The summed E-state index contributed by atoms with van der Waals surface area (Å²) in [7, 11) is 0. The van der Waals surface area contributed by atoms with Gasteiger partial charge in [-0.1, -0.05) is 32.9 Å². The van der Waals surface area contributed by atoms with Gasteiger partial charge in [-0.15, -0.1) is 0 Å². The van der Waals surface area contributed by atoms with Crippen LogP contribution < -0.4 is 0 Å². The number of rotatable bonds is 1. The lowest BCUT2D eigenvalue weighted by atomic mass is 9.77. The first kappa shape index (κ1) is 13.7. The molecule has 1 unspecified atom stereocenters. The first-order valence-corrected chi connectivity index (χ1v) is 5.80. The predicted molar refractivity (Wildman–Crippen MR) is 65.5 cm³/mol. The zero-order valence-corrected chi connectivity index (χ0v) is 11.0. The van der Waals surface area contributed by atoms with Gasteiger partial charge in [-0.05, 0) is 13.3 Å². The Kier molecular flexibility index (Phi) is 3.37. The van der Waals surface area contributed by atoms with Crippen molar-refractivity contribution in [2.45, 2.75) is 34.1 Å². The summed E-state index contributed by atoms with van der Waals surface area (Å²) in [5.74, 6) is -0.911. The highest BCUT2D eigenvalue weighted by atomic mass is 16.4. The Hall–Kier alpha value is -1.32. The number of aliphatic carboxylic acids is 1. The summed E-state index contributed by atoms with van der Waals surface area (Å²) < 4.78 is 0. The fourth-order valence-corrected chi connectivity index (χ4v) is 1.98. The number of carbonyl (C=O) groups is 2. The molecule has 0 radical (unpaired) electrons. The largest absolute Gasteiger partial charge is 0.481 e. The first-order valence-electron chi connectivity index (χ1n) is 5.80. The maximum Gasteiger partial charge on any atom is 0.315 e. The molecule has 0 aromatic rings. The van der Waals surface area contributed by atoms with E-state index in [4.69, 9.17) is 0 Å². The lowest BCUT2D eigenvalue weighted by molar-refractivity contribution is -0.151. The Bertz CT molecular complexity index is 367. The standard InChI is InChI=1S/C13H21NO3/c1-9-6-7-14(10(15)12(2,3)4)8-13(9,5)11(16)17/h1,6-8H2,2-5H3,(H,16,17). The molecular formula is C13H21NO3. The summed E-state index contributed by atoms with van der Waals surface area (Å²) in [6, 6.07) is 0. The molecule has 1 aliphatic rings. The molecule has 0 aromatic carbocycles. The third kappa shape index (κ3) is 2.51. The van der Waals surface area contributed by atoms with E-state index >= 15 is 0 Å². The first-order chi connectivity index (χ1) is 7.59. The summed E-state index contributed by atoms with van der Waals surface area (Å²) in [5.41, 5.74) is -0.792. The monoisotopic (exact) mass is 239 g/mol. The number of nitrogens with zero attached hydrogens (tertiary/aromatic N) is 1. The number of hydrogen-bond acceptors (Lipinski definition) is 2. The van der Waals surface area contributed by atoms with Crippen molar-refractivity contribution in [3.05, 3.63) is 12.2 Å². The topological polar surface area (TPSA) is 57.6 Å². The van der Waals surface area contributed by atoms with Gasteiger partial charge in [-0.25, -0.2) is 0 Å². The SMILES string of the molecule is C=C1CCN(C(=O)C(C)(C)C)CC1(C)C(=O)O. The van der Waals surface area contributed by atoms with Gasteiger partial charge in [0.1, 0.15) is 5.41 Å². The lowest BCUT2D eigenvalue weighted by Crippen LogP contribution is -2.52. The molecule has 4 heteroatoms. The van der Waals surface area contributed by atoms with Gasteiger partial charge in [0.05, 0.1) is 0 Å². The molecule has 0 spiro atoms. The van der Waals surface area contributed by atoms with Gasteiger partial charge in [0.25, 0.3) is 0 Å². The van der Waals surface area contributed by atoms with Gasteiger partial charge in [0.15, 0.2) is 0 Å². The molecule has 0 aromatic heterocycles. The average Bonchev–Trinajstić information content (AvgIpc) is 2.19. The number of carboxylic acids is 1. The van der Waals surface area contributed by atoms with Crippen molar-refractivity contribution in [1.29, 1.82) is 0 Å². The number of carboxylic acid groups (broad SMARTS) is 1. The van der Waals surface area contributed by atoms with Gasteiger partial charge in [0, 0.05) is 18.5 Å². The Labute approximate surface area is 102 Å². The van der Waals surface area contributed by atoms with Gasteiger partial charge >= 0.3 is 5.97 Å². The Morgan fingerprint density at radius 3 is 2.35 bits per heavy atom. The van der Waals surface area contributed by atoms with Gasteiger partial charge in [-0.3, -0.25) is 9.59 Å². The van der Waals surface area contributed by atoms with E-state index in [1.165, 1.54) is 0 Å². The van der Waals surface area contributed by atoms with Crippen LogP contribution in [0.4, 0.5) is 0 Å². The molecule has 1 amide bonds. The van der Waals surface area contributed by atoms with E-state index in [9.17, 15) is 14.7 Å². The molecule has 17 heavy (non-hydrogen) atoms. The Morgan fingerprint density at radius 2 is 1.94 bits per heavy atom. The van der Waals surface area contributed by atoms with Gasteiger partial charge in [-0.2, -0.15) is 0 Å². The molecule has 4 nitrogen and oxygen atoms in total. The van der Waals surface area contributed by atoms with E-state index < -0.39 is 16.8 Å². The van der Waals surface area contributed by atoms with Crippen molar-refractivity contribution < 1.29 is 14.7 Å². The Balaban J connectivity index is 2.93. The highest BCUT2D eigenvalue weighted by Gasteiger charge is 2.43. The maximum atomic E-state index is 12.1. The van der Waals surface area contributed by atoms with Crippen molar-refractivity contribution in [1.82, 2.24) is 4.90 Å². The summed E-state index contributed by atoms with van der Waals surface area (Å²) in [4.78, 5) is 25.1. The minimum Gasteiger partial charge on any atom is -0.481 e. The smallest absolute Gasteiger partial charge is 0.315 e. The molecule has 1 fully saturated rings. The molecule has 0 aliphatic carbocycles. The Morgan fingerprint density at radius 1 is 1.41 bits per heavy atom. The summed E-state index contributed by atoms with van der Waals surface area (Å²) >= 11 is 0. The van der Waals surface area contributed by atoms with Crippen LogP contribution in [0, 0.1) is 10.8 Å². The van der Waals surface area contributed by atoms with E-state index in [1.54, 1.807) is 11.8 Å². The second-order valence-electron chi connectivity index (χ2n) is 5.97. The van der Waals surface area contributed by atoms with Crippen molar-refractivity contribution in [2.75, 3.05) is 13.1 Å². The molecule has 0 bridgehead atoms. The van der Waals surface area contributed by atoms with Crippen molar-refractivity contribution >= 4 is 11.9 Å². The van der Waals surface area contributed by atoms with Crippen molar-refractivity contribution in [3.8, 4) is 0 Å². The number of likely N-dealkylation sites (tertiary alicyclic amines) is 1. The molecule has 96 valence electrons.